The molecule has 1 aliphatic rings. The minimum absolute atomic E-state index is 0.166. The molecule has 1 heterocycles. The maximum atomic E-state index is 12.8. The number of likely N-dealkylation sites (N-methyl/N-ethyl adjacent to an activating group) is 1. The fraction of sp³-hybridized carbons (Fsp3) is 0.111. The fourth-order valence-corrected chi connectivity index (χ4v) is 3.04. The van der Waals surface area contributed by atoms with Gasteiger partial charge in [-0.25, -0.2) is 0 Å². The molecule has 4 nitrogen and oxygen atoms in total. The summed E-state index contributed by atoms with van der Waals surface area (Å²) in [6.45, 7) is 0. The van der Waals surface area contributed by atoms with E-state index in [1.54, 1.807) is 37.3 Å². The average Bonchev–Trinajstić information content (AvgIpc) is 2.79. The summed E-state index contributed by atoms with van der Waals surface area (Å²) in [4.78, 5) is 16.0. The third-order valence-electron chi connectivity index (χ3n) is 3.76. The van der Waals surface area contributed by atoms with Crippen LogP contribution < -0.4 is 9.64 Å². The van der Waals surface area contributed by atoms with E-state index < -0.39 is 0 Å². The van der Waals surface area contributed by atoms with Crippen LogP contribution in [-0.4, -0.2) is 30.1 Å². The molecule has 1 saturated heterocycles. The fourth-order valence-electron chi connectivity index (χ4n) is 2.49. The number of hydrogen-bond donors (Lipinski definition) is 0. The van der Waals surface area contributed by atoms with Crippen LogP contribution >= 0.6 is 23.8 Å². The van der Waals surface area contributed by atoms with Crippen LogP contribution in [0.15, 0.2) is 54.2 Å². The number of rotatable bonds is 3. The Labute approximate surface area is 150 Å². The second kappa shape index (κ2) is 6.63. The lowest BCUT2D eigenvalue weighted by atomic mass is 10.1. The van der Waals surface area contributed by atoms with Gasteiger partial charge in [0.15, 0.2) is 5.11 Å². The summed E-state index contributed by atoms with van der Waals surface area (Å²) < 4.78 is 5.15. The van der Waals surface area contributed by atoms with Gasteiger partial charge in [-0.1, -0.05) is 35.9 Å². The molecule has 122 valence electrons. The van der Waals surface area contributed by atoms with Gasteiger partial charge in [-0.15, -0.1) is 0 Å². The topological polar surface area (TPSA) is 32.8 Å². The molecule has 24 heavy (non-hydrogen) atoms. The second-order valence-electron chi connectivity index (χ2n) is 5.24. The highest BCUT2D eigenvalue weighted by molar-refractivity contribution is 7.80. The van der Waals surface area contributed by atoms with E-state index in [-0.39, 0.29) is 5.91 Å². The van der Waals surface area contributed by atoms with Crippen LogP contribution in [0, 0.1) is 0 Å². The number of amides is 1. The summed E-state index contributed by atoms with van der Waals surface area (Å²) in [5.74, 6) is 0.423. The summed E-state index contributed by atoms with van der Waals surface area (Å²) in [6.07, 6.45) is 1.77. The monoisotopic (exact) mass is 358 g/mol. The molecule has 0 saturated carbocycles. The standard InChI is InChI=1S/C18H15ClN2O2S/c1-20-15(11-12-8-9-16(23-2)14(19)10-12)17(22)21(18(20)24)13-6-4-3-5-7-13/h3-11H,1-2H3/b15-11-. The van der Waals surface area contributed by atoms with Gasteiger partial charge in [-0.3, -0.25) is 9.69 Å². The molecule has 6 heteroatoms. The number of para-hydroxylation sites is 1. The van der Waals surface area contributed by atoms with Crippen molar-refractivity contribution in [1.29, 1.82) is 0 Å². The van der Waals surface area contributed by atoms with E-state index in [4.69, 9.17) is 28.6 Å². The van der Waals surface area contributed by atoms with E-state index in [1.165, 1.54) is 4.90 Å². The Morgan fingerprint density at radius 3 is 2.50 bits per heavy atom. The highest BCUT2D eigenvalue weighted by atomic mass is 35.5. The molecular weight excluding hydrogens is 344 g/mol. The molecule has 1 amide bonds. The number of nitrogens with zero attached hydrogens (tertiary/aromatic N) is 2. The summed E-state index contributed by atoms with van der Waals surface area (Å²) in [5, 5.41) is 0.930. The average molecular weight is 359 g/mol. The molecule has 1 fully saturated rings. The number of methoxy groups -OCH3 is 1. The third-order valence-corrected chi connectivity index (χ3v) is 4.51. The number of anilines is 1. The normalized spacial score (nSPS) is 16.2. The SMILES string of the molecule is COc1ccc(/C=C2/C(=O)N(c3ccccc3)C(=S)N2C)cc1Cl. The van der Waals surface area contributed by atoms with Gasteiger partial charge >= 0.3 is 0 Å². The van der Waals surface area contributed by atoms with Gasteiger partial charge in [0.2, 0.25) is 0 Å². The van der Waals surface area contributed by atoms with E-state index in [9.17, 15) is 4.79 Å². The quantitative estimate of drug-likeness (QED) is 0.614. The van der Waals surface area contributed by atoms with Gasteiger partial charge in [-0.05, 0) is 48.1 Å². The van der Waals surface area contributed by atoms with Crippen LogP contribution in [0.3, 0.4) is 0 Å². The van der Waals surface area contributed by atoms with Crippen molar-refractivity contribution in [3.63, 3.8) is 0 Å². The molecule has 2 aromatic carbocycles. The van der Waals surface area contributed by atoms with Gasteiger partial charge in [0, 0.05) is 7.05 Å². The highest BCUT2D eigenvalue weighted by Crippen LogP contribution is 2.30. The molecule has 3 rings (SSSR count). The molecule has 0 radical (unpaired) electrons. The predicted octanol–water partition coefficient (Wildman–Crippen LogP) is 3.95. The minimum Gasteiger partial charge on any atom is -0.495 e. The zero-order valence-electron chi connectivity index (χ0n) is 13.2. The lowest BCUT2D eigenvalue weighted by Gasteiger charge is -2.16. The number of halogens is 1. The first kappa shape index (κ1) is 16.5. The maximum absolute atomic E-state index is 12.8. The van der Waals surface area contributed by atoms with Crippen LogP contribution in [0.1, 0.15) is 5.56 Å². The van der Waals surface area contributed by atoms with Gasteiger partial charge in [0.1, 0.15) is 11.4 Å². The first-order valence-corrected chi connectivity index (χ1v) is 8.04. The predicted molar refractivity (Wildman–Crippen MR) is 100 cm³/mol. The van der Waals surface area contributed by atoms with Crippen molar-refractivity contribution >= 4 is 46.6 Å². The van der Waals surface area contributed by atoms with E-state index in [0.29, 0.717) is 21.6 Å². The van der Waals surface area contributed by atoms with E-state index >= 15 is 0 Å². The van der Waals surface area contributed by atoms with Gasteiger partial charge < -0.3 is 9.64 Å². The van der Waals surface area contributed by atoms with Crippen LogP contribution in [-0.2, 0) is 4.79 Å². The smallest absolute Gasteiger partial charge is 0.281 e. The van der Waals surface area contributed by atoms with Crippen LogP contribution in [0.5, 0.6) is 5.75 Å². The summed E-state index contributed by atoms with van der Waals surface area (Å²) in [7, 11) is 3.34. The number of benzene rings is 2. The van der Waals surface area contributed by atoms with Crippen LogP contribution in [0.2, 0.25) is 5.02 Å². The molecule has 0 bridgehead atoms. The molecule has 0 aromatic heterocycles. The second-order valence-corrected chi connectivity index (χ2v) is 6.01. The van der Waals surface area contributed by atoms with Gasteiger partial charge in [-0.2, -0.15) is 0 Å². The molecule has 0 atom stereocenters. The summed E-state index contributed by atoms with van der Waals surface area (Å²) in [5.41, 5.74) is 2.04. The first-order valence-electron chi connectivity index (χ1n) is 7.25. The van der Waals surface area contributed by atoms with Crippen molar-refractivity contribution in [2.45, 2.75) is 0 Å². The molecule has 0 aliphatic carbocycles. The zero-order valence-corrected chi connectivity index (χ0v) is 14.8. The Morgan fingerprint density at radius 2 is 1.88 bits per heavy atom. The minimum atomic E-state index is -0.166. The Bertz CT molecular complexity index is 836. The molecule has 0 unspecified atom stereocenters. The number of ether oxygens (including phenoxy) is 1. The summed E-state index contributed by atoms with van der Waals surface area (Å²) >= 11 is 11.6. The zero-order chi connectivity index (χ0) is 17.3. The van der Waals surface area contributed by atoms with Gasteiger partial charge in [0.25, 0.3) is 5.91 Å². The number of hydrogen-bond acceptors (Lipinski definition) is 3. The largest absolute Gasteiger partial charge is 0.495 e. The Hall–Kier alpha value is -2.37. The van der Waals surface area contributed by atoms with Crippen LogP contribution in [0.4, 0.5) is 5.69 Å². The van der Waals surface area contributed by atoms with Crippen molar-refractivity contribution < 1.29 is 9.53 Å². The number of carbonyl (C=O) groups is 1. The van der Waals surface area contributed by atoms with E-state index in [0.717, 1.165) is 11.3 Å². The molecule has 0 N–H and O–H groups in total. The van der Waals surface area contributed by atoms with Crippen LogP contribution in [0.25, 0.3) is 6.08 Å². The Morgan fingerprint density at radius 1 is 1.17 bits per heavy atom. The van der Waals surface area contributed by atoms with E-state index in [2.05, 4.69) is 0 Å². The first-order chi connectivity index (χ1) is 11.5. The summed E-state index contributed by atoms with van der Waals surface area (Å²) in [6, 6.07) is 14.7. The maximum Gasteiger partial charge on any atom is 0.281 e. The number of thiocarbonyl (C=S) groups is 1. The van der Waals surface area contributed by atoms with Crippen molar-refractivity contribution in [3.05, 3.63) is 64.8 Å². The highest BCUT2D eigenvalue weighted by Gasteiger charge is 2.36. The Balaban J connectivity index is 1.98. The third kappa shape index (κ3) is 2.88. The van der Waals surface area contributed by atoms with Crippen molar-refractivity contribution in [2.75, 3.05) is 19.1 Å². The molecule has 2 aromatic rings. The molecule has 1 aliphatic heterocycles. The van der Waals surface area contributed by atoms with Gasteiger partial charge in [0.05, 0.1) is 17.8 Å². The molecular formula is C18H15ClN2O2S. The lowest BCUT2D eigenvalue weighted by Crippen LogP contribution is -2.30. The van der Waals surface area contributed by atoms with Crippen molar-refractivity contribution in [2.24, 2.45) is 0 Å². The lowest BCUT2D eigenvalue weighted by molar-refractivity contribution is -0.114. The Kier molecular flexibility index (Phi) is 4.55. The number of carbonyl (C=O) groups excluding carboxylic acids is 1. The molecule has 0 spiro atoms. The van der Waals surface area contributed by atoms with Crippen molar-refractivity contribution in [1.82, 2.24) is 4.90 Å². The van der Waals surface area contributed by atoms with Crippen molar-refractivity contribution in [3.8, 4) is 5.75 Å². The van der Waals surface area contributed by atoms with E-state index in [1.807, 2.05) is 36.4 Å².